The first-order valence-electron chi connectivity index (χ1n) is 6.84. The maximum absolute atomic E-state index is 4.36. The van der Waals surface area contributed by atoms with E-state index in [0.29, 0.717) is 5.92 Å². The molecule has 0 aliphatic heterocycles. The van der Waals surface area contributed by atoms with Gasteiger partial charge in [0.1, 0.15) is 10.0 Å². The number of nitrogens with one attached hydrogen (secondary N) is 1. The van der Waals surface area contributed by atoms with Gasteiger partial charge in [0.05, 0.1) is 0 Å². The molecule has 0 aliphatic carbocycles. The van der Waals surface area contributed by atoms with Crippen LogP contribution in [0.2, 0.25) is 0 Å². The van der Waals surface area contributed by atoms with Crippen LogP contribution in [0.4, 0.5) is 0 Å². The molecule has 1 rings (SSSR count). The Morgan fingerprint density at radius 3 is 2.71 bits per heavy atom. The van der Waals surface area contributed by atoms with Gasteiger partial charge in [-0.05, 0) is 19.4 Å². The fourth-order valence-electron chi connectivity index (χ4n) is 1.86. The van der Waals surface area contributed by atoms with Crippen LogP contribution < -0.4 is 5.32 Å². The van der Waals surface area contributed by atoms with Gasteiger partial charge in [-0.1, -0.05) is 33.6 Å². The maximum Gasteiger partial charge on any atom is 0.120 e. The van der Waals surface area contributed by atoms with Crippen molar-refractivity contribution < 1.29 is 0 Å². The summed E-state index contributed by atoms with van der Waals surface area (Å²) in [6, 6.07) is 0. The highest BCUT2D eigenvalue weighted by molar-refractivity contribution is 7.11. The zero-order valence-corrected chi connectivity index (χ0v) is 12.1. The number of nitrogens with zero attached hydrogens (tertiary/aromatic N) is 2. The molecule has 1 unspecified atom stereocenters. The molecule has 0 amide bonds. The number of unbranched alkanes of at least 4 members (excludes halogenated alkanes) is 1. The van der Waals surface area contributed by atoms with Gasteiger partial charge < -0.3 is 5.32 Å². The van der Waals surface area contributed by atoms with E-state index in [0.717, 1.165) is 19.5 Å². The number of likely N-dealkylation sites (N-methyl/N-ethyl adjacent to an activating group) is 1. The Bertz CT molecular complexity index is 299. The molecule has 3 nitrogen and oxygen atoms in total. The minimum atomic E-state index is 0.625. The van der Waals surface area contributed by atoms with E-state index in [-0.39, 0.29) is 0 Å². The molecule has 0 saturated carbocycles. The Kier molecular flexibility index (Phi) is 7.37. The summed E-state index contributed by atoms with van der Waals surface area (Å²) in [5.41, 5.74) is 0. The van der Waals surface area contributed by atoms with Crippen molar-refractivity contribution in [1.29, 1.82) is 0 Å². The van der Waals surface area contributed by atoms with Gasteiger partial charge in [-0.2, -0.15) is 0 Å². The number of hydrogen-bond acceptors (Lipinski definition) is 4. The molecule has 0 saturated heterocycles. The van der Waals surface area contributed by atoms with Crippen LogP contribution in [0.15, 0.2) is 0 Å². The van der Waals surface area contributed by atoms with E-state index in [1.54, 1.807) is 11.3 Å². The minimum Gasteiger partial charge on any atom is -0.317 e. The highest BCUT2D eigenvalue weighted by Crippen LogP contribution is 2.27. The molecular formula is C13H25N3S. The second-order valence-electron chi connectivity index (χ2n) is 4.38. The average molecular weight is 255 g/mol. The van der Waals surface area contributed by atoms with Crippen LogP contribution in [0.5, 0.6) is 0 Å². The Morgan fingerprint density at radius 1 is 1.24 bits per heavy atom. The first kappa shape index (κ1) is 14.6. The summed E-state index contributed by atoms with van der Waals surface area (Å²) in [4.78, 5) is 0. The monoisotopic (exact) mass is 255 g/mol. The van der Waals surface area contributed by atoms with Crippen LogP contribution in [0.25, 0.3) is 0 Å². The number of aromatic nitrogens is 2. The second kappa shape index (κ2) is 8.59. The average Bonchev–Trinajstić information content (AvgIpc) is 2.79. The lowest BCUT2D eigenvalue weighted by Gasteiger charge is -2.09. The molecule has 17 heavy (non-hydrogen) atoms. The van der Waals surface area contributed by atoms with Crippen molar-refractivity contribution in [2.24, 2.45) is 0 Å². The quantitative estimate of drug-likeness (QED) is 0.687. The van der Waals surface area contributed by atoms with Gasteiger partial charge in [0.25, 0.3) is 0 Å². The molecule has 0 bridgehead atoms. The number of hydrogen-bond donors (Lipinski definition) is 1. The summed E-state index contributed by atoms with van der Waals surface area (Å²) in [6.07, 6.45) is 6.01. The van der Waals surface area contributed by atoms with Crippen molar-refractivity contribution in [3.05, 3.63) is 10.0 Å². The molecule has 0 aromatic carbocycles. The van der Waals surface area contributed by atoms with Gasteiger partial charge in [-0.15, -0.1) is 21.5 Å². The normalized spacial score (nSPS) is 12.9. The lowest BCUT2D eigenvalue weighted by molar-refractivity contribution is 0.563. The van der Waals surface area contributed by atoms with Gasteiger partial charge >= 0.3 is 0 Å². The molecule has 0 radical (unpaired) electrons. The van der Waals surface area contributed by atoms with E-state index in [9.17, 15) is 0 Å². The van der Waals surface area contributed by atoms with Crippen molar-refractivity contribution >= 4 is 11.3 Å². The van der Waals surface area contributed by atoms with Crippen LogP contribution in [-0.4, -0.2) is 23.3 Å². The lowest BCUT2D eigenvalue weighted by atomic mass is 10.0. The molecule has 1 aromatic rings. The zero-order valence-electron chi connectivity index (χ0n) is 11.3. The Morgan fingerprint density at radius 2 is 2.06 bits per heavy atom. The summed E-state index contributed by atoms with van der Waals surface area (Å²) in [6.45, 7) is 8.66. The Hall–Kier alpha value is -0.480. The number of rotatable bonds is 9. The standard InChI is InChI=1S/C13H25N3S/c1-4-7-8-11(5-2)13-16-15-12(17-13)9-10-14-6-3/h11,14H,4-10H2,1-3H3. The molecular weight excluding hydrogens is 230 g/mol. The van der Waals surface area contributed by atoms with Crippen molar-refractivity contribution in [2.75, 3.05) is 13.1 Å². The lowest BCUT2D eigenvalue weighted by Crippen LogP contribution is -2.15. The van der Waals surface area contributed by atoms with E-state index in [1.807, 2.05) is 0 Å². The van der Waals surface area contributed by atoms with Crippen LogP contribution in [0.1, 0.15) is 62.4 Å². The van der Waals surface area contributed by atoms with E-state index < -0.39 is 0 Å². The summed E-state index contributed by atoms with van der Waals surface area (Å²) >= 11 is 1.80. The molecule has 1 atom stereocenters. The molecule has 0 spiro atoms. The predicted molar refractivity (Wildman–Crippen MR) is 74.7 cm³/mol. The molecule has 0 aliphatic rings. The first-order valence-corrected chi connectivity index (χ1v) is 7.66. The van der Waals surface area contributed by atoms with Crippen molar-refractivity contribution in [3.63, 3.8) is 0 Å². The van der Waals surface area contributed by atoms with Crippen molar-refractivity contribution in [3.8, 4) is 0 Å². The maximum atomic E-state index is 4.36. The molecule has 0 fully saturated rings. The fraction of sp³-hybridized carbons (Fsp3) is 0.846. The largest absolute Gasteiger partial charge is 0.317 e. The first-order chi connectivity index (χ1) is 8.31. The Labute approximate surface area is 109 Å². The van der Waals surface area contributed by atoms with Gasteiger partial charge in [0.15, 0.2) is 0 Å². The van der Waals surface area contributed by atoms with Crippen LogP contribution >= 0.6 is 11.3 Å². The second-order valence-corrected chi connectivity index (χ2v) is 5.48. The van der Waals surface area contributed by atoms with Gasteiger partial charge in [-0.3, -0.25) is 0 Å². The smallest absolute Gasteiger partial charge is 0.120 e. The Balaban J connectivity index is 2.46. The molecule has 1 heterocycles. The molecule has 1 N–H and O–H groups in total. The highest BCUT2D eigenvalue weighted by atomic mass is 32.1. The third kappa shape index (κ3) is 5.13. The predicted octanol–water partition coefficient (Wildman–Crippen LogP) is 3.37. The molecule has 4 heteroatoms. The zero-order chi connectivity index (χ0) is 12.5. The highest BCUT2D eigenvalue weighted by Gasteiger charge is 2.14. The van der Waals surface area contributed by atoms with Gasteiger partial charge in [-0.25, -0.2) is 0 Å². The van der Waals surface area contributed by atoms with Gasteiger partial charge in [0.2, 0.25) is 0 Å². The third-order valence-corrected chi connectivity index (χ3v) is 4.14. The van der Waals surface area contributed by atoms with E-state index >= 15 is 0 Å². The van der Waals surface area contributed by atoms with Crippen LogP contribution in [-0.2, 0) is 6.42 Å². The molecule has 98 valence electrons. The fourth-order valence-corrected chi connectivity index (χ4v) is 2.92. The third-order valence-electron chi connectivity index (χ3n) is 3.00. The summed E-state index contributed by atoms with van der Waals surface area (Å²) in [5.74, 6) is 0.625. The SMILES string of the molecule is CCCCC(CC)c1nnc(CCNCC)s1. The van der Waals surface area contributed by atoms with Crippen molar-refractivity contribution in [1.82, 2.24) is 15.5 Å². The van der Waals surface area contributed by atoms with E-state index in [2.05, 4.69) is 36.3 Å². The van der Waals surface area contributed by atoms with E-state index in [4.69, 9.17) is 0 Å². The minimum absolute atomic E-state index is 0.625. The van der Waals surface area contributed by atoms with Crippen LogP contribution in [0, 0.1) is 0 Å². The summed E-state index contributed by atoms with van der Waals surface area (Å²) in [7, 11) is 0. The summed E-state index contributed by atoms with van der Waals surface area (Å²) in [5, 5.41) is 14.4. The van der Waals surface area contributed by atoms with E-state index in [1.165, 1.54) is 35.7 Å². The summed E-state index contributed by atoms with van der Waals surface area (Å²) < 4.78 is 0. The van der Waals surface area contributed by atoms with Gasteiger partial charge in [0, 0.05) is 18.9 Å². The van der Waals surface area contributed by atoms with Crippen LogP contribution in [0.3, 0.4) is 0 Å². The topological polar surface area (TPSA) is 37.8 Å². The molecule has 1 aromatic heterocycles. The van der Waals surface area contributed by atoms with Crippen molar-refractivity contribution in [2.45, 2.75) is 58.8 Å².